The molecule has 0 N–H and O–H groups in total. The van der Waals surface area contributed by atoms with Gasteiger partial charge in [-0.2, -0.15) is 0 Å². The third-order valence-corrected chi connectivity index (χ3v) is 5.29. The molecule has 1 amide bonds. The van der Waals surface area contributed by atoms with Gasteiger partial charge in [0.25, 0.3) is 5.91 Å². The van der Waals surface area contributed by atoms with Crippen molar-refractivity contribution in [3.05, 3.63) is 70.9 Å². The quantitative estimate of drug-likeness (QED) is 0.636. The summed E-state index contributed by atoms with van der Waals surface area (Å²) in [6.45, 7) is 3.76. The zero-order chi connectivity index (χ0) is 20.2. The fourth-order valence-corrected chi connectivity index (χ4v) is 3.64. The molecule has 0 aliphatic carbocycles. The summed E-state index contributed by atoms with van der Waals surface area (Å²) >= 11 is 6.06. The molecule has 1 aliphatic rings. The van der Waals surface area contributed by atoms with Crippen LogP contribution >= 0.6 is 11.6 Å². The molecular formula is C22H22ClN3O3. The number of ether oxygens (including phenoxy) is 1. The van der Waals surface area contributed by atoms with Crippen LogP contribution in [0.15, 0.2) is 59.1 Å². The van der Waals surface area contributed by atoms with Gasteiger partial charge in [0.1, 0.15) is 5.75 Å². The summed E-state index contributed by atoms with van der Waals surface area (Å²) in [6, 6.07) is 17.0. The van der Waals surface area contributed by atoms with Crippen LogP contribution < -0.4 is 4.74 Å². The number of halogens is 1. The summed E-state index contributed by atoms with van der Waals surface area (Å²) in [4.78, 5) is 16.9. The molecule has 1 aromatic heterocycles. The van der Waals surface area contributed by atoms with Crippen molar-refractivity contribution in [3.8, 4) is 17.1 Å². The Balaban J connectivity index is 1.35. The van der Waals surface area contributed by atoms with E-state index >= 15 is 0 Å². The maximum atomic E-state index is 12.8. The molecule has 2 heterocycles. The summed E-state index contributed by atoms with van der Waals surface area (Å²) in [6.07, 6.45) is 0. The number of methoxy groups -OCH3 is 1. The van der Waals surface area contributed by atoms with E-state index in [1.807, 2.05) is 47.4 Å². The summed E-state index contributed by atoms with van der Waals surface area (Å²) in [5.74, 6) is 1.23. The van der Waals surface area contributed by atoms with Crippen LogP contribution in [-0.4, -0.2) is 54.2 Å². The Morgan fingerprint density at radius 3 is 2.55 bits per heavy atom. The van der Waals surface area contributed by atoms with E-state index < -0.39 is 0 Å². The van der Waals surface area contributed by atoms with Crippen molar-refractivity contribution < 1.29 is 14.1 Å². The number of carbonyl (C=O) groups excluding carboxylic acids is 1. The lowest BCUT2D eigenvalue weighted by Crippen LogP contribution is -2.48. The molecule has 29 heavy (non-hydrogen) atoms. The average molecular weight is 412 g/mol. The van der Waals surface area contributed by atoms with Gasteiger partial charge in [-0.05, 0) is 42.0 Å². The Labute approximate surface area is 174 Å². The van der Waals surface area contributed by atoms with Crippen molar-refractivity contribution >= 4 is 17.5 Å². The Bertz CT molecular complexity index is 979. The number of rotatable bonds is 5. The van der Waals surface area contributed by atoms with Gasteiger partial charge in [0.15, 0.2) is 11.5 Å². The maximum Gasteiger partial charge on any atom is 0.276 e. The van der Waals surface area contributed by atoms with E-state index in [2.05, 4.69) is 16.1 Å². The molecule has 0 unspecified atom stereocenters. The first-order valence-corrected chi connectivity index (χ1v) is 9.87. The van der Waals surface area contributed by atoms with E-state index in [9.17, 15) is 4.79 Å². The highest BCUT2D eigenvalue weighted by atomic mass is 35.5. The molecule has 6 nitrogen and oxygen atoms in total. The highest BCUT2D eigenvalue weighted by Gasteiger charge is 2.25. The van der Waals surface area contributed by atoms with Crippen molar-refractivity contribution in [2.45, 2.75) is 6.54 Å². The highest BCUT2D eigenvalue weighted by molar-refractivity contribution is 6.30. The van der Waals surface area contributed by atoms with Crippen LogP contribution in [0.1, 0.15) is 16.1 Å². The minimum atomic E-state index is -0.101. The number of amides is 1. The molecule has 1 fully saturated rings. The second-order valence-electron chi connectivity index (χ2n) is 7.00. The number of benzene rings is 2. The smallest absolute Gasteiger partial charge is 0.276 e. The molecular weight excluding hydrogens is 390 g/mol. The van der Waals surface area contributed by atoms with Crippen LogP contribution in [0.3, 0.4) is 0 Å². The SMILES string of the molecule is COc1ccc(-c2cc(C(=O)N3CCN(Cc4cccc(Cl)c4)CC3)no2)cc1. The molecule has 1 saturated heterocycles. The first kappa shape index (κ1) is 19.5. The number of nitrogens with zero attached hydrogens (tertiary/aromatic N) is 3. The lowest BCUT2D eigenvalue weighted by atomic mass is 10.1. The molecule has 2 aromatic carbocycles. The number of piperazine rings is 1. The zero-order valence-corrected chi connectivity index (χ0v) is 16.9. The molecule has 0 spiro atoms. The van der Waals surface area contributed by atoms with Crippen LogP contribution in [0.25, 0.3) is 11.3 Å². The highest BCUT2D eigenvalue weighted by Crippen LogP contribution is 2.24. The van der Waals surface area contributed by atoms with Gasteiger partial charge >= 0.3 is 0 Å². The van der Waals surface area contributed by atoms with Crippen molar-refractivity contribution in [2.24, 2.45) is 0 Å². The van der Waals surface area contributed by atoms with Crippen LogP contribution in [-0.2, 0) is 6.54 Å². The Kier molecular flexibility index (Phi) is 5.83. The van der Waals surface area contributed by atoms with Gasteiger partial charge in [-0.15, -0.1) is 0 Å². The first-order chi connectivity index (χ1) is 14.1. The van der Waals surface area contributed by atoms with E-state index in [0.717, 1.165) is 36.0 Å². The lowest BCUT2D eigenvalue weighted by molar-refractivity contribution is 0.0618. The summed E-state index contributed by atoms with van der Waals surface area (Å²) < 4.78 is 10.5. The molecule has 7 heteroatoms. The van der Waals surface area contributed by atoms with Crippen LogP contribution in [0.5, 0.6) is 5.75 Å². The number of hydrogen-bond acceptors (Lipinski definition) is 5. The lowest BCUT2D eigenvalue weighted by Gasteiger charge is -2.34. The van der Waals surface area contributed by atoms with Crippen molar-refractivity contribution in [2.75, 3.05) is 33.3 Å². The Hall–Kier alpha value is -2.83. The van der Waals surface area contributed by atoms with E-state index in [1.54, 1.807) is 13.2 Å². The predicted octanol–water partition coefficient (Wildman–Crippen LogP) is 3.96. The Morgan fingerprint density at radius 2 is 1.86 bits per heavy atom. The van der Waals surface area contributed by atoms with E-state index in [0.29, 0.717) is 24.5 Å². The van der Waals surface area contributed by atoms with Crippen molar-refractivity contribution in [1.29, 1.82) is 0 Å². The fourth-order valence-electron chi connectivity index (χ4n) is 3.43. The molecule has 1 aliphatic heterocycles. The molecule has 0 saturated carbocycles. The van der Waals surface area contributed by atoms with E-state index in [-0.39, 0.29) is 5.91 Å². The minimum Gasteiger partial charge on any atom is -0.497 e. The molecule has 150 valence electrons. The topological polar surface area (TPSA) is 58.8 Å². The van der Waals surface area contributed by atoms with Gasteiger partial charge < -0.3 is 14.2 Å². The van der Waals surface area contributed by atoms with Gasteiger partial charge in [0.05, 0.1) is 7.11 Å². The van der Waals surface area contributed by atoms with Gasteiger partial charge in [-0.1, -0.05) is 28.9 Å². The van der Waals surface area contributed by atoms with Crippen LogP contribution in [0, 0.1) is 0 Å². The number of aromatic nitrogens is 1. The van der Waals surface area contributed by atoms with E-state index in [4.69, 9.17) is 20.9 Å². The second-order valence-corrected chi connectivity index (χ2v) is 7.44. The maximum absolute atomic E-state index is 12.8. The number of carbonyl (C=O) groups is 1. The molecule has 3 aromatic rings. The monoisotopic (exact) mass is 411 g/mol. The van der Waals surface area contributed by atoms with Gasteiger partial charge in [0, 0.05) is 49.4 Å². The van der Waals surface area contributed by atoms with E-state index in [1.165, 1.54) is 5.56 Å². The van der Waals surface area contributed by atoms with Crippen LogP contribution in [0.2, 0.25) is 5.02 Å². The minimum absolute atomic E-state index is 0.101. The summed E-state index contributed by atoms with van der Waals surface area (Å²) in [5.41, 5.74) is 2.36. The van der Waals surface area contributed by atoms with Crippen molar-refractivity contribution in [1.82, 2.24) is 15.0 Å². The summed E-state index contributed by atoms with van der Waals surface area (Å²) in [7, 11) is 1.62. The third kappa shape index (κ3) is 4.60. The average Bonchev–Trinajstić information content (AvgIpc) is 3.24. The fraction of sp³-hybridized carbons (Fsp3) is 0.273. The second kappa shape index (κ2) is 8.68. The first-order valence-electron chi connectivity index (χ1n) is 9.49. The Morgan fingerprint density at radius 1 is 1.10 bits per heavy atom. The molecule has 0 bridgehead atoms. The van der Waals surface area contributed by atoms with Gasteiger partial charge in [-0.25, -0.2) is 0 Å². The van der Waals surface area contributed by atoms with Gasteiger partial charge in [-0.3, -0.25) is 9.69 Å². The molecule has 0 radical (unpaired) electrons. The van der Waals surface area contributed by atoms with Crippen molar-refractivity contribution in [3.63, 3.8) is 0 Å². The van der Waals surface area contributed by atoms with Gasteiger partial charge in [0.2, 0.25) is 0 Å². The standard InChI is InChI=1S/C22H22ClN3O3/c1-28-19-7-5-17(6-8-19)21-14-20(24-29-21)22(27)26-11-9-25(10-12-26)15-16-3-2-4-18(23)13-16/h2-8,13-14H,9-12,15H2,1H3. The largest absolute Gasteiger partial charge is 0.497 e. The molecule has 4 rings (SSSR count). The normalized spacial score (nSPS) is 14.8. The number of hydrogen-bond donors (Lipinski definition) is 0. The third-order valence-electron chi connectivity index (χ3n) is 5.06. The summed E-state index contributed by atoms with van der Waals surface area (Å²) in [5, 5.41) is 4.73. The predicted molar refractivity (Wildman–Crippen MR) is 111 cm³/mol. The molecule has 0 atom stereocenters. The van der Waals surface area contributed by atoms with Crippen LogP contribution in [0.4, 0.5) is 0 Å². The zero-order valence-electron chi connectivity index (χ0n) is 16.2.